The molecule has 0 saturated carbocycles. The Morgan fingerprint density at radius 3 is 2.56 bits per heavy atom. The molecule has 1 aromatic heterocycles. The van der Waals surface area contributed by atoms with Crippen LogP contribution < -0.4 is 15.6 Å². The van der Waals surface area contributed by atoms with Crippen LogP contribution in [0.3, 0.4) is 0 Å². The number of carbonyl (C=O) groups excluding carboxylic acids is 1. The Kier molecular flexibility index (Phi) is 8.00. The summed E-state index contributed by atoms with van der Waals surface area (Å²) in [4.78, 5) is 29.9. The summed E-state index contributed by atoms with van der Waals surface area (Å²) in [5, 5.41) is 2.31. The van der Waals surface area contributed by atoms with Crippen molar-refractivity contribution in [3.63, 3.8) is 0 Å². The molecule has 194 valence electrons. The van der Waals surface area contributed by atoms with E-state index in [1.165, 1.54) is 16.8 Å². The Morgan fingerprint density at radius 2 is 1.94 bits per heavy atom. The number of benzene rings is 1. The first-order chi connectivity index (χ1) is 16.8. The van der Waals surface area contributed by atoms with Crippen LogP contribution in [-0.2, 0) is 6.54 Å². The molecule has 6 nitrogen and oxygen atoms in total. The largest absolute Gasteiger partial charge is 0.480 e. The number of hydrogen-bond acceptors (Lipinski definition) is 4. The standard InChI is InChI=1S/C25H26F5N3O3/c1-5-9-33-12-14(3)31-22(24(33)35)16-11-20(36-15(4)25(28,29)30)17(10-19(16)27)23(34)32-21-13(2)7-6-8-18(21)26/h8,10-12,15H,5-7,9H2,1-4H3,(H,32,34)/t15-/m0/s1. The second kappa shape index (κ2) is 10.6. The van der Waals surface area contributed by atoms with Gasteiger partial charge < -0.3 is 14.6 Å². The van der Waals surface area contributed by atoms with Crippen LogP contribution in [0.25, 0.3) is 11.3 Å². The molecule has 0 radical (unpaired) electrons. The van der Waals surface area contributed by atoms with Crippen LogP contribution in [0.5, 0.6) is 5.75 Å². The predicted octanol–water partition coefficient (Wildman–Crippen LogP) is 5.75. The molecule has 11 heteroatoms. The summed E-state index contributed by atoms with van der Waals surface area (Å²) in [6, 6.07) is 1.51. The summed E-state index contributed by atoms with van der Waals surface area (Å²) in [6.07, 6.45) is -2.92. The fourth-order valence-electron chi connectivity index (χ4n) is 3.72. The van der Waals surface area contributed by atoms with E-state index < -0.39 is 52.3 Å². The van der Waals surface area contributed by atoms with E-state index in [4.69, 9.17) is 4.74 Å². The number of nitrogens with one attached hydrogen (secondary N) is 1. The van der Waals surface area contributed by atoms with E-state index in [-0.39, 0.29) is 11.4 Å². The molecular formula is C25H26F5N3O3. The van der Waals surface area contributed by atoms with Crippen molar-refractivity contribution in [2.45, 2.75) is 65.8 Å². The minimum absolute atomic E-state index is 0.131. The van der Waals surface area contributed by atoms with Gasteiger partial charge in [0.2, 0.25) is 0 Å². The van der Waals surface area contributed by atoms with Crippen LogP contribution in [0.4, 0.5) is 22.0 Å². The molecule has 1 atom stereocenters. The maximum absolute atomic E-state index is 15.3. The third kappa shape index (κ3) is 5.83. The van der Waals surface area contributed by atoms with E-state index in [9.17, 15) is 27.2 Å². The molecule has 36 heavy (non-hydrogen) atoms. The van der Waals surface area contributed by atoms with Crippen molar-refractivity contribution in [2.24, 2.45) is 0 Å². The number of halogens is 5. The van der Waals surface area contributed by atoms with E-state index in [1.807, 2.05) is 6.92 Å². The highest BCUT2D eigenvalue weighted by Gasteiger charge is 2.39. The fraction of sp³-hybridized carbons (Fsp3) is 0.400. The van der Waals surface area contributed by atoms with E-state index in [0.29, 0.717) is 43.1 Å². The number of allylic oxidation sites excluding steroid dienone is 3. The van der Waals surface area contributed by atoms with E-state index in [2.05, 4.69) is 10.3 Å². The van der Waals surface area contributed by atoms with Crippen LogP contribution in [0.15, 0.2) is 46.3 Å². The second-order valence-corrected chi connectivity index (χ2v) is 8.56. The zero-order valence-electron chi connectivity index (χ0n) is 20.2. The first kappa shape index (κ1) is 27.1. The molecule has 1 aliphatic rings. The normalized spacial score (nSPS) is 15.0. The Bertz CT molecular complexity index is 1300. The van der Waals surface area contributed by atoms with Gasteiger partial charge in [-0.25, -0.2) is 13.8 Å². The lowest BCUT2D eigenvalue weighted by Crippen LogP contribution is -2.33. The smallest absolute Gasteiger partial charge is 0.425 e. The van der Waals surface area contributed by atoms with Crippen LogP contribution in [0.1, 0.15) is 56.1 Å². The number of ether oxygens (including phenoxy) is 1. The number of carbonyl (C=O) groups is 1. The summed E-state index contributed by atoms with van der Waals surface area (Å²) in [6.45, 7) is 6.06. The van der Waals surface area contributed by atoms with Gasteiger partial charge >= 0.3 is 6.18 Å². The molecular weight excluding hydrogens is 485 g/mol. The van der Waals surface area contributed by atoms with Gasteiger partial charge in [-0.15, -0.1) is 0 Å². The Labute approximate surface area is 204 Å². The van der Waals surface area contributed by atoms with Gasteiger partial charge in [-0.3, -0.25) is 9.59 Å². The third-order valence-corrected chi connectivity index (χ3v) is 5.64. The van der Waals surface area contributed by atoms with Gasteiger partial charge in [-0.2, -0.15) is 13.2 Å². The summed E-state index contributed by atoms with van der Waals surface area (Å²) >= 11 is 0. The molecule has 1 heterocycles. The third-order valence-electron chi connectivity index (χ3n) is 5.64. The molecule has 0 fully saturated rings. The lowest BCUT2D eigenvalue weighted by molar-refractivity contribution is -0.189. The van der Waals surface area contributed by atoms with Gasteiger partial charge in [0.25, 0.3) is 11.5 Å². The molecule has 0 spiro atoms. The summed E-state index contributed by atoms with van der Waals surface area (Å²) in [5.41, 5.74) is -1.23. The van der Waals surface area contributed by atoms with Crippen molar-refractivity contribution in [2.75, 3.05) is 0 Å². The second-order valence-electron chi connectivity index (χ2n) is 8.56. The topological polar surface area (TPSA) is 73.2 Å². The SMILES string of the molecule is CCCn1cc(C)nc(-c2cc(O[C@@H](C)C(F)(F)F)c(C(=O)NC3=C(C)CCC=C3F)cc2F)c1=O. The van der Waals surface area contributed by atoms with Gasteiger partial charge in [0.15, 0.2) is 6.10 Å². The average Bonchev–Trinajstić information content (AvgIpc) is 2.79. The fourth-order valence-corrected chi connectivity index (χ4v) is 3.72. The average molecular weight is 511 g/mol. The number of nitrogens with zero attached hydrogens (tertiary/aromatic N) is 2. The zero-order chi connectivity index (χ0) is 26.8. The zero-order valence-corrected chi connectivity index (χ0v) is 20.2. The van der Waals surface area contributed by atoms with Crippen molar-refractivity contribution < 1.29 is 31.5 Å². The highest BCUT2D eigenvalue weighted by atomic mass is 19.4. The van der Waals surface area contributed by atoms with Crippen molar-refractivity contribution in [3.8, 4) is 17.0 Å². The van der Waals surface area contributed by atoms with Crippen LogP contribution in [-0.4, -0.2) is 27.7 Å². The summed E-state index contributed by atoms with van der Waals surface area (Å²) in [7, 11) is 0. The summed E-state index contributed by atoms with van der Waals surface area (Å²) in [5.74, 6) is -3.46. The molecule has 1 aromatic carbocycles. The molecule has 2 aromatic rings. The summed E-state index contributed by atoms with van der Waals surface area (Å²) < 4.78 is 75.7. The molecule has 0 bridgehead atoms. The number of hydrogen-bond donors (Lipinski definition) is 1. The molecule has 0 aliphatic heterocycles. The lowest BCUT2D eigenvalue weighted by Gasteiger charge is -2.21. The lowest BCUT2D eigenvalue weighted by atomic mass is 10.0. The number of alkyl halides is 3. The minimum atomic E-state index is -4.80. The minimum Gasteiger partial charge on any atom is -0.480 e. The Hall–Kier alpha value is -3.50. The molecule has 1 N–H and O–H groups in total. The van der Waals surface area contributed by atoms with Crippen molar-refractivity contribution in [1.29, 1.82) is 0 Å². The van der Waals surface area contributed by atoms with Crippen molar-refractivity contribution in [1.82, 2.24) is 14.9 Å². The molecule has 0 unspecified atom stereocenters. The van der Waals surface area contributed by atoms with Gasteiger partial charge in [-0.05, 0) is 63.8 Å². The van der Waals surface area contributed by atoms with E-state index in [1.54, 1.807) is 13.8 Å². The van der Waals surface area contributed by atoms with Gasteiger partial charge in [-0.1, -0.05) is 6.92 Å². The molecule has 1 amide bonds. The van der Waals surface area contributed by atoms with E-state index in [0.717, 1.165) is 13.0 Å². The molecule has 1 aliphatic carbocycles. The van der Waals surface area contributed by atoms with Crippen LogP contribution >= 0.6 is 0 Å². The van der Waals surface area contributed by atoms with Gasteiger partial charge in [0.05, 0.1) is 17.0 Å². The maximum Gasteiger partial charge on any atom is 0.425 e. The number of aromatic nitrogens is 2. The number of aryl methyl sites for hydroxylation is 2. The Balaban J connectivity index is 2.15. The highest BCUT2D eigenvalue weighted by molar-refractivity contribution is 5.99. The highest BCUT2D eigenvalue weighted by Crippen LogP contribution is 2.33. The maximum atomic E-state index is 15.3. The van der Waals surface area contributed by atoms with Crippen LogP contribution in [0, 0.1) is 12.7 Å². The Morgan fingerprint density at radius 1 is 1.25 bits per heavy atom. The van der Waals surface area contributed by atoms with Gasteiger partial charge in [0, 0.05) is 18.3 Å². The first-order valence-electron chi connectivity index (χ1n) is 11.4. The van der Waals surface area contributed by atoms with E-state index >= 15 is 4.39 Å². The first-order valence-corrected chi connectivity index (χ1v) is 11.4. The number of amides is 1. The molecule has 0 saturated heterocycles. The van der Waals surface area contributed by atoms with Crippen LogP contribution in [0.2, 0.25) is 0 Å². The van der Waals surface area contributed by atoms with Crippen molar-refractivity contribution >= 4 is 5.91 Å². The van der Waals surface area contributed by atoms with Crippen molar-refractivity contribution in [3.05, 3.63) is 68.9 Å². The predicted molar refractivity (Wildman–Crippen MR) is 124 cm³/mol. The quantitative estimate of drug-likeness (QED) is 0.481. The number of rotatable bonds is 7. The molecule has 3 rings (SSSR count). The monoisotopic (exact) mass is 511 g/mol. The van der Waals surface area contributed by atoms with Gasteiger partial charge in [0.1, 0.15) is 23.1 Å².